The minimum absolute atomic E-state index is 0.518. The number of rotatable bonds is 4. The Morgan fingerprint density at radius 2 is 1.85 bits per heavy atom. The molecule has 1 aromatic carbocycles. The SMILES string of the molecule is Cc1ccc(C)c(N2CC[NH+](Cc3nnnn3C3CCCCC3)CC2)c1. The van der Waals surface area contributed by atoms with Crippen molar-refractivity contribution in [3.8, 4) is 0 Å². The molecule has 1 saturated carbocycles. The Balaban J connectivity index is 1.37. The summed E-state index contributed by atoms with van der Waals surface area (Å²) in [4.78, 5) is 4.13. The first-order valence-electron chi connectivity index (χ1n) is 10.1. The molecule has 0 bridgehead atoms. The number of nitrogens with one attached hydrogen (secondary N) is 1. The smallest absolute Gasteiger partial charge is 0.206 e. The van der Waals surface area contributed by atoms with Crippen LogP contribution in [-0.4, -0.2) is 46.4 Å². The lowest BCUT2D eigenvalue weighted by Gasteiger charge is -2.34. The van der Waals surface area contributed by atoms with Crippen molar-refractivity contribution in [3.05, 3.63) is 35.2 Å². The predicted molar refractivity (Wildman–Crippen MR) is 102 cm³/mol. The number of tetrazole rings is 1. The highest BCUT2D eigenvalue weighted by Crippen LogP contribution is 2.27. The van der Waals surface area contributed by atoms with E-state index in [9.17, 15) is 0 Å². The largest absolute Gasteiger partial charge is 0.360 e. The topological polar surface area (TPSA) is 51.3 Å². The number of nitrogens with zero attached hydrogens (tertiary/aromatic N) is 5. The number of benzene rings is 1. The van der Waals surface area contributed by atoms with Crippen molar-refractivity contribution >= 4 is 5.69 Å². The van der Waals surface area contributed by atoms with E-state index in [2.05, 4.69) is 57.2 Å². The van der Waals surface area contributed by atoms with Crippen LogP contribution in [0.4, 0.5) is 5.69 Å². The third-order valence-corrected chi connectivity index (χ3v) is 6.07. The summed E-state index contributed by atoms with van der Waals surface area (Å²) in [7, 11) is 0. The summed E-state index contributed by atoms with van der Waals surface area (Å²) >= 11 is 0. The molecule has 0 unspecified atom stereocenters. The fourth-order valence-corrected chi connectivity index (χ4v) is 4.46. The van der Waals surface area contributed by atoms with Crippen LogP contribution in [0.3, 0.4) is 0 Å². The highest BCUT2D eigenvalue weighted by Gasteiger charge is 2.26. The molecule has 2 heterocycles. The van der Waals surface area contributed by atoms with Crippen LogP contribution in [0.25, 0.3) is 0 Å². The Labute approximate surface area is 156 Å². The first kappa shape index (κ1) is 17.5. The van der Waals surface area contributed by atoms with Crippen LogP contribution in [0, 0.1) is 13.8 Å². The van der Waals surface area contributed by atoms with E-state index in [0.717, 1.165) is 38.5 Å². The number of hydrogen-bond donors (Lipinski definition) is 1. The van der Waals surface area contributed by atoms with Crippen molar-refractivity contribution in [3.63, 3.8) is 0 Å². The van der Waals surface area contributed by atoms with Gasteiger partial charge >= 0.3 is 0 Å². The summed E-state index contributed by atoms with van der Waals surface area (Å²) in [5, 5.41) is 12.7. The van der Waals surface area contributed by atoms with E-state index in [1.807, 2.05) is 0 Å². The average Bonchev–Trinajstić information content (AvgIpc) is 3.13. The van der Waals surface area contributed by atoms with Gasteiger partial charge in [0.15, 0.2) is 0 Å². The monoisotopic (exact) mass is 355 g/mol. The van der Waals surface area contributed by atoms with Gasteiger partial charge in [-0.05, 0) is 54.3 Å². The summed E-state index contributed by atoms with van der Waals surface area (Å²) in [5.41, 5.74) is 4.11. The molecule has 1 aliphatic heterocycles. The van der Waals surface area contributed by atoms with Gasteiger partial charge in [0.2, 0.25) is 5.82 Å². The van der Waals surface area contributed by atoms with E-state index in [0.29, 0.717) is 6.04 Å². The van der Waals surface area contributed by atoms with Crippen LogP contribution in [-0.2, 0) is 6.54 Å². The molecule has 0 amide bonds. The molecular weight excluding hydrogens is 324 g/mol. The van der Waals surface area contributed by atoms with Gasteiger partial charge in [-0.1, -0.05) is 31.4 Å². The Morgan fingerprint density at radius 1 is 1.08 bits per heavy atom. The average molecular weight is 356 g/mol. The molecule has 6 nitrogen and oxygen atoms in total. The van der Waals surface area contributed by atoms with Crippen LogP contribution in [0.15, 0.2) is 18.2 Å². The van der Waals surface area contributed by atoms with Crippen LogP contribution in [0.5, 0.6) is 0 Å². The van der Waals surface area contributed by atoms with Crippen LogP contribution in [0.2, 0.25) is 0 Å². The molecule has 2 aliphatic rings. The molecule has 1 N–H and O–H groups in total. The maximum Gasteiger partial charge on any atom is 0.206 e. The van der Waals surface area contributed by atoms with E-state index >= 15 is 0 Å². The van der Waals surface area contributed by atoms with Crippen molar-refractivity contribution in [1.82, 2.24) is 20.2 Å². The van der Waals surface area contributed by atoms with Gasteiger partial charge in [-0.3, -0.25) is 0 Å². The van der Waals surface area contributed by atoms with Crippen molar-refractivity contribution in [2.75, 3.05) is 31.1 Å². The molecule has 4 rings (SSSR count). The lowest BCUT2D eigenvalue weighted by atomic mass is 9.95. The van der Waals surface area contributed by atoms with E-state index in [1.165, 1.54) is 48.9 Å². The molecule has 26 heavy (non-hydrogen) atoms. The standard InChI is InChI=1S/C20H30N6/c1-16-8-9-17(2)19(14-16)25-12-10-24(11-13-25)15-20-21-22-23-26(20)18-6-4-3-5-7-18/h8-9,14,18H,3-7,10-13,15H2,1-2H3/p+1. The van der Waals surface area contributed by atoms with Gasteiger partial charge in [0.05, 0.1) is 32.2 Å². The van der Waals surface area contributed by atoms with Crippen molar-refractivity contribution in [2.45, 2.75) is 58.5 Å². The Bertz CT molecular complexity index is 726. The Hall–Kier alpha value is -1.95. The summed E-state index contributed by atoms with van der Waals surface area (Å²) in [6.45, 7) is 9.83. The second-order valence-corrected chi connectivity index (χ2v) is 8.04. The minimum Gasteiger partial charge on any atom is -0.360 e. The third kappa shape index (κ3) is 3.75. The molecular formula is C20H31N6+. The molecule has 0 radical (unpaired) electrons. The van der Waals surface area contributed by atoms with Gasteiger partial charge in [0.25, 0.3) is 0 Å². The first-order chi connectivity index (χ1) is 12.7. The lowest BCUT2D eigenvalue weighted by molar-refractivity contribution is -0.915. The van der Waals surface area contributed by atoms with Gasteiger partial charge < -0.3 is 9.80 Å². The summed E-state index contributed by atoms with van der Waals surface area (Å²) in [6, 6.07) is 7.28. The molecule has 6 heteroatoms. The highest BCUT2D eigenvalue weighted by atomic mass is 15.6. The first-order valence-corrected chi connectivity index (χ1v) is 10.1. The van der Waals surface area contributed by atoms with E-state index in [1.54, 1.807) is 4.90 Å². The van der Waals surface area contributed by atoms with E-state index in [-0.39, 0.29) is 0 Å². The second-order valence-electron chi connectivity index (χ2n) is 8.04. The van der Waals surface area contributed by atoms with Crippen LogP contribution < -0.4 is 9.80 Å². The molecule has 1 aliphatic carbocycles. The zero-order valence-corrected chi connectivity index (χ0v) is 16.1. The summed E-state index contributed by atoms with van der Waals surface area (Å²) in [5.74, 6) is 1.08. The fourth-order valence-electron chi connectivity index (χ4n) is 4.46. The van der Waals surface area contributed by atoms with Crippen molar-refractivity contribution in [2.24, 2.45) is 0 Å². The summed E-state index contributed by atoms with van der Waals surface area (Å²) in [6.07, 6.45) is 6.44. The van der Waals surface area contributed by atoms with Gasteiger partial charge in [0, 0.05) is 5.69 Å². The Morgan fingerprint density at radius 3 is 2.62 bits per heavy atom. The highest BCUT2D eigenvalue weighted by molar-refractivity contribution is 5.55. The van der Waals surface area contributed by atoms with Gasteiger partial charge in [-0.15, -0.1) is 5.10 Å². The normalized spacial score (nSPS) is 19.8. The number of anilines is 1. The third-order valence-electron chi connectivity index (χ3n) is 6.07. The molecule has 0 spiro atoms. The zero-order valence-electron chi connectivity index (χ0n) is 16.1. The van der Waals surface area contributed by atoms with Gasteiger partial charge in [-0.25, -0.2) is 4.68 Å². The number of hydrogen-bond acceptors (Lipinski definition) is 4. The molecule has 2 fully saturated rings. The number of aromatic nitrogens is 4. The molecule has 140 valence electrons. The maximum atomic E-state index is 4.36. The van der Waals surface area contributed by atoms with E-state index < -0.39 is 0 Å². The van der Waals surface area contributed by atoms with Gasteiger partial charge in [0.1, 0.15) is 6.54 Å². The van der Waals surface area contributed by atoms with Crippen LogP contribution >= 0.6 is 0 Å². The number of piperazine rings is 1. The lowest BCUT2D eigenvalue weighted by Crippen LogP contribution is -3.13. The molecule has 1 aromatic heterocycles. The van der Waals surface area contributed by atoms with Gasteiger partial charge in [-0.2, -0.15) is 0 Å². The zero-order chi connectivity index (χ0) is 17.9. The minimum atomic E-state index is 0.518. The molecule has 1 saturated heterocycles. The fraction of sp³-hybridized carbons (Fsp3) is 0.650. The maximum absolute atomic E-state index is 4.36. The predicted octanol–water partition coefficient (Wildman–Crippen LogP) is 1.70. The number of aryl methyl sites for hydroxylation is 2. The van der Waals surface area contributed by atoms with Crippen molar-refractivity contribution < 1.29 is 4.90 Å². The summed E-state index contributed by atoms with van der Waals surface area (Å²) < 4.78 is 2.13. The quantitative estimate of drug-likeness (QED) is 0.907. The molecule has 2 aromatic rings. The van der Waals surface area contributed by atoms with E-state index in [4.69, 9.17) is 0 Å². The van der Waals surface area contributed by atoms with Crippen molar-refractivity contribution in [1.29, 1.82) is 0 Å². The Kier molecular flexibility index (Phi) is 5.20. The molecule has 0 atom stereocenters. The second kappa shape index (κ2) is 7.74. The van der Waals surface area contributed by atoms with Crippen LogP contribution in [0.1, 0.15) is 55.1 Å². The number of quaternary nitrogens is 1.